The van der Waals surface area contributed by atoms with E-state index in [1.54, 1.807) is 12.1 Å². The van der Waals surface area contributed by atoms with E-state index in [1.165, 1.54) is 25.3 Å². The fourth-order valence-corrected chi connectivity index (χ4v) is 2.99. The zero-order valence-electron chi connectivity index (χ0n) is 17.3. The van der Waals surface area contributed by atoms with Crippen molar-refractivity contribution in [3.63, 3.8) is 0 Å². The molecule has 0 unspecified atom stereocenters. The molecule has 3 aromatic carbocycles. The predicted octanol–water partition coefficient (Wildman–Crippen LogP) is 4.01. The van der Waals surface area contributed by atoms with Crippen molar-refractivity contribution in [3.8, 4) is 22.6 Å². The number of hydrogen-bond acceptors (Lipinski definition) is 4. The summed E-state index contributed by atoms with van der Waals surface area (Å²) in [5, 5.41) is 5.22. The van der Waals surface area contributed by atoms with Gasteiger partial charge in [0.1, 0.15) is 0 Å². The Balaban J connectivity index is 1.49. The van der Waals surface area contributed by atoms with Crippen LogP contribution in [0.15, 0.2) is 72.8 Å². The summed E-state index contributed by atoms with van der Waals surface area (Å²) < 4.78 is 34.2. The van der Waals surface area contributed by atoms with Crippen LogP contribution in [0.1, 0.15) is 15.9 Å². The van der Waals surface area contributed by atoms with Crippen LogP contribution in [-0.4, -0.2) is 32.1 Å². The van der Waals surface area contributed by atoms with Gasteiger partial charge in [0.15, 0.2) is 11.5 Å². The number of benzene rings is 3. The van der Waals surface area contributed by atoms with Gasteiger partial charge < -0.3 is 20.1 Å². The number of ether oxygens (including phenoxy) is 2. The topological polar surface area (TPSA) is 76.7 Å². The Morgan fingerprint density at radius 1 is 0.875 bits per heavy atom. The van der Waals surface area contributed by atoms with Crippen molar-refractivity contribution in [2.45, 2.75) is 13.2 Å². The zero-order valence-corrected chi connectivity index (χ0v) is 17.3. The van der Waals surface area contributed by atoms with Crippen molar-refractivity contribution in [2.75, 3.05) is 13.7 Å². The number of nitrogens with one attached hydrogen (secondary N) is 2. The molecule has 8 heteroatoms. The highest BCUT2D eigenvalue weighted by Crippen LogP contribution is 2.29. The van der Waals surface area contributed by atoms with Crippen LogP contribution in [0.5, 0.6) is 11.5 Å². The van der Waals surface area contributed by atoms with Crippen LogP contribution in [-0.2, 0) is 11.3 Å². The molecule has 166 valence electrons. The van der Waals surface area contributed by atoms with Gasteiger partial charge in [0.25, 0.3) is 5.91 Å². The van der Waals surface area contributed by atoms with Crippen molar-refractivity contribution < 1.29 is 27.8 Å². The maximum Gasteiger partial charge on any atom is 0.387 e. The Hall–Kier alpha value is -3.94. The van der Waals surface area contributed by atoms with E-state index in [0.717, 1.165) is 11.1 Å². The van der Waals surface area contributed by atoms with Crippen molar-refractivity contribution in [1.82, 2.24) is 10.6 Å². The standard InChI is InChI=1S/C24H22F2N2O4/c1-31-21-13-16(7-12-20(21)32-24(25)26)14-27-22(29)15-28-23(30)19-10-8-18(9-11-19)17-5-3-2-4-6-17/h2-13,24H,14-15H2,1H3,(H,27,29)(H,28,30). The second-order valence-electron chi connectivity index (χ2n) is 6.77. The number of rotatable bonds is 9. The van der Waals surface area contributed by atoms with Crippen molar-refractivity contribution in [3.05, 3.63) is 83.9 Å². The van der Waals surface area contributed by atoms with Gasteiger partial charge in [-0.1, -0.05) is 48.5 Å². The summed E-state index contributed by atoms with van der Waals surface area (Å²) in [7, 11) is 1.33. The van der Waals surface area contributed by atoms with E-state index < -0.39 is 12.5 Å². The van der Waals surface area contributed by atoms with Gasteiger partial charge in [0, 0.05) is 12.1 Å². The lowest BCUT2D eigenvalue weighted by atomic mass is 10.0. The number of carbonyl (C=O) groups is 2. The van der Waals surface area contributed by atoms with Crippen LogP contribution in [0.3, 0.4) is 0 Å². The Bertz CT molecular complexity index is 1060. The molecule has 0 saturated heterocycles. The first-order chi connectivity index (χ1) is 15.5. The molecule has 0 aliphatic rings. The fraction of sp³-hybridized carbons (Fsp3) is 0.167. The predicted molar refractivity (Wildman–Crippen MR) is 116 cm³/mol. The normalized spacial score (nSPS) is 10.5. The molecule has 0 saturated carbocycles. The second-order valence-corrected chi connectivity index (χ2v) is 6.77. The molecular weight excluding hydrogens is 418 g/mol. The molecule has 6 nitrogen and oxygen atoms in total. The molecule has 0 bridgehead atoms. The molecule has 0 aliphatic carbocycles. The molecule has 0 fully saturated rings. The average Bonchev–Trinajstić information content (AvgIpc) is 2.82. The highest BCUT2D eigenvalue weighted by atomic mass is 19.3. The number of amides is 2. The number of halogens is 2. The average molecular weight is 440 g/mol. The summed E-state index contributed by atoms with van der Waals surface area (Å²) in [6, 6.07) is 21.2. The molecule has 0 atom stereocenters. The summed E-state index contributed by atoms with van der Waals surface area (Å²) in [6.45, 7) is -3.04. The fourth-order valence-electron chi connectivity index (χ4n) is 2.99. The maximum absolute atomic E-state index is 12.4. The van der Waals surface area contributed by atoms with Gasteiger partial charge in [0.05, 0.1) is 13.7 Å². The van der Waals surface area contributed by atoms with Crippen LogP contribution in [0.25, 0.3) is 11.1 Å². The third-order valence-electron chi connectivity index (χ3n) is 4.60. The first-order valence-corrected chi connectivity index (χ1v) is 9.78. The Morgan fingerprint density at radius 2 is 1.56 bits per heavy atom. The first-order valence-electron chi connectivity index (χ1n) is 9.78. The molecule has 0 spiro atoms. The van der Waals surface area contributed by atoms with Crippen LogP contribution in [0.2, 0.25) is 0 Å². The third kappa shape index (κ3) is 6.28. The van der Waals surface area contributed by atoms with E-state index in [2.05, 4.69) is 15.4 Å². The van der Waals surface area contributed by atoms with Gasteiger partial charge in [-0.3, -0.25) is 9.59 Å². The molecule has 0 radical (unpaired) electrons. The Kier molecular flexibility index (Phi) is 7.75. The third-order valence-corrected chi connectivity index (χ3v) is 4.60. The molecule has 32 heavy (non-hydrogen) atoms. The largest absolute Gasteiger partial charge is 0.493 e. The Labute approximate surface area is 184 Å². The van der Waals surface area contributed by atoms with Crippen molar-refractivity contribution in [2.24, 2.45) is 0 Å². The van der Waals surface area contributed by atoms with E-state index in [1.807, 2.05) is 42.5 Å². The van der Waals surface area contributed by atoms with Crippen LogP contribution in [0, 0.1) is 0 Å². The lowest BCUT2D eigenvalue weighted by Gasteiger charge is -2.12. The lowest BCUT2D eigenvalue weighted by Crippen LogP contribution is -2.36. The van der Waals surface area contributed by atoms with Gasteiger partial charge in [-0.15, -0.1) is 0 Å². The smallest absolute Gasteiger partial charge is 0.387 e. The van der Waals surface area contributed by atoms with Gasteiger partial charge >= 0.3 is 6.61 Å². The molecule has 0 aromatic heterocycles. The molecule has 3 rings (SSSR count). The monoisotopic (exact) mass is 440 g/mol. The van der Waals surface area contributed by atoms with E-state index in [-0.39, 0.29) is 30.5 Å². The van der Waals surface area contributed by atoms with Gasteiger partial charge in [-0.2, -0.15) is 8.78 Å². The number of alkyl halides is 2. The quantitative estimate of drug-likeness (QED) is 0.527. The maximum atomic E-state index is 12.4. The molecule has 0 heterocycles. The number of methoxy groups -OCH3 is 1. The second kappa shape index (κ2) is 10.9. The van der Waals surface area contributed by atoms with E-state index >= 15 is 0 Å². The molecule has 3 aromatic rings. The summed E-state index contributed by atoms with van der Waals surface area (Å²) in [4.78, 5) is 24.4. The van der Waals surface area contributed by atoms with Crippen LogP contribution < -0.4 is 20.1 Å². The van der Waals surface area contributed by atoms with Gasteiger partial charge in [0.2, 0.25) is 5.91 Å². The molecule has 0 aliphatic heterocycles. The number of hydrogen-bond donors (Lipinski definition) is 2. The summed E-state index contributed by atoms with van der Waals surface area (Å²) in [5.74, 6) is -0.728. The van der Waals surface area contributed by atoms with Gasteiger partial charge in [-0.25, -0.2) is 0 Å². The van der Waals surface area contributed by atoms with E-state index in [9.17, 15) is 18.4 Å². The zero-order chi connectivity index (χ0) is 22.9. The molecular formula is C24H22F2N2O4. The minimum Gasteiger partial charge on any atom is -0.493 e. The summed E-state index contributed by atoms with van der Waals surface area (Å²) in [6.07, 6.45) is 0. The van der Waals surface area contributed by atoms with Crippen LogP contribution in [0.4, 0.5) is 8.78 Å². The first kappa shape index (κ1) is 22.7. The minimum atomic E-state index is -2.97. The van der Waals surface area contributed by atoms with Crippen LogP contribution >= 0.6 is 0 Å². The SMILES string of the molecule is COc1cc(CNC(=O)CNC(=O)c2ccc(-c3ccccc3)cc2)ccc1OC(F)F. The minimum absolute atomic E-state index is 0.0943. The molecule has 2 N–H and O–H groups in total. The van der Waals surface area contributed by atoms with Gasteiger partial charge in [-0.05, 0) is 41.0 Å². The number of carbonyl (C=O) groups excluding carboxylic acids is 2. The van der Waals surface area contributed by atoms with Crippen molar-refractivity contribution in [1.29, 1.82) is 0 Å². The highest BCUT2D eigenvalue weighted by Gasteiger charge is 2.12. The highest BCUT2D eigenvalue weighted by molar-refractivity contribution is 5.96. The van der Waals surface area contributed by atoms with E-state index in [0.29, 0.717) is 11.1 Å². The summed E-state index contributed by atoms with van der Waals surface area (Å²) >= 11 is 0. The molecule has 2 amide bonds. The summed E-state index contributed by atoms with van der Waals surface area (Å²) in [5.41, 5.74) is 3.10. The lowest BCUT2D eigenvalue weighted by molar-refractivity contribution is -0.120. The van der Waals surface area contributed by atoms with E-state index in [4.69, 9.17) is 4.74 Å². The Morgan fingerprint density at radius 3 is 2.22 bits per heavy atom. The van der Waals surface area contributed by atoms with Crippen molar-refractivity contribution >= 4 is 11.8 Å².